The first-order valence-corrected chi connectivity index (χ1v) is 4.08. The number of carbonyl (C=O) groups is 1. The molecular formula is C8H7ClN2O2. The van der Waals surface area contributed by atoms with Crippen LogP contribution < -0.4 is 4.42 Å². The molecule has 2 rings (SSSR count). The van der Waals surface area contributed by atoms with Crippen LogP contribution >= 0.6 is 11.8 Å². The fraction of sp³-hybridized carbons (Fsp3) is 0.125. The van der Waals surface area contributed by atoms with E-state index in [-0.39, 0.29) is 6.54 Å². The fourth-order valence-electron chi connectivity index (χ4n) is 1.27. The Hall–Kier alpha value is -1.26. The highest BCUT2D eigenvalue weighted by Crippen LogP contribution is 2.28. The van der Waals surface area contributed by atoms with E-state index in [9.17, 15) is 4.79 Å². The molecule has 0 bridgehead atoms. The number of urea groups is 1. The minimum absolute atomic E-state index is 0.179. The third-order valence-electron chi connectivity index (χ3n) is 1.91. The summed E-state index contributed by atoms with van der Waals surface area (Å²) in [7, 11) is 0. The number of carbonyl (C=O) groups excluding carboxylic acids is 1. The molecule has 1 aliphatic heterocycles. The van der Waals surface area contributed by atoms with Crippen molar-refractivity contribution in [1.29, 1.82) is 0 Å². The van der Waals surface area contributed by atoms with Crippen molar-refractivity contribution in [1.82, 2.24) is 5.06 Å². The summed E-state index contributed by atoms with van der Waals surface area (Å²) in [5.41, 5.74) is 1.44. The van der Waals surface area contributed by atoms with Crippen molar-refractivity contribution in [2.24, 2.45) is 0 Å². The van der Waals surface area contributed by atoms with Gasteiger partial charge in [-0.25, -0.2) is 14.3 Å². The average Bonchev–Trinajstić information content (AvgIpc) is 2.15. The second kappa shape index (κ2) is 2.90. The molecule has 2 amide bonds. The predicted octanol–water partition coefficient (Wildman–Crippen LogP) is 1.97. The van der Waals surface area contributed by atoms with Gasteiger partial charge in [-0.15, -0.1) is 0 Å². The third kappa shape index (κ3) is 1.24. The Balaban J connectivity index is 2.49. The topological polar surface area (TPSA) is 43.8 Å². The van der Waals surface area contributed by atoms with Crippen molar-refractivity contribution in [3.63, 3.8) is 0 Å². The number of hydrogen-bond donors (Lipinski definition) is 1. The van der Waals surface area contributed by atoms with Gasteiger partial charge in [0, 0.05) is 11.8 Å². The number of halogens is 1. The first kappa shape index (κ1) is 8.34. The molecular weight excluding hydrogens is 192 g/mol. The van der Waals surface area contributed by atoms with Gasteiger partial charge in [0.15, 0.2) is 0 Å². The van der Waals surface area contributed by atoms with Crippen molar-refractivity contribution in [2.45, 2.75) is 6.54 Å². The lowest BCUT2D eigenvalue weighted by molar-refractivity contribution is -0.0487. The first-order chi connectivity index (χ1) is 6.20. The second-order valence-corrected chi connectivity index (χ2v) is 3.09. The van der Waals surface area contributed by atoms with Gasteiger partial charge in [0.1, 0.15) is 0 Å². The molecule has 0 radical (unpaired) electrons. The standard InChI is InChI=1S/C8H7ClN2O2/c9-11-7-4-2-1-3-6(7)5-10(13)8(11)12/h1-4,13H,5H2. The van der Waals surface area contributed by atoms with Crippen LogP contribution in [0, 0.1) is 0 Å². The first-order valence-electron chi connectivity index (χ1n) is 3.74. The molecule has 4 nitrogen and oxygen atoms in total. The van der Waals surface area contributed by atoms with Crippen molar-refractivity contribution >= 4 is 23.5 Å². The number of para-hydroxylation sites is 1. The van der Waals surface area contributed by atoms with Crippen LogP contribution in [0.15, 0.2) is 24.3 Å². The van der Waals surface area contributed by atoms with Crippen LogP contribution in [0.3, 0.4) is 0 Å². The number of benzene rings is 1. The maximum atomic E-state index is 11.2. The van der Waals surface area contributed by atoms with Gasteiger partial charge in [-0.3, -0.25) is 5.21 Å². The number of anilines is 1. The highest BCUT2D eigenvalue weighted by Gasteiger charge is 2.27. The van der Waals surface area contributed by atoms with Crippen LogP contribution in [0.2, 0.25) is 0 Å². The molecule has 1 aromatic carbocycles. The minimum atomic E-state index is -0.625. The summed E-state index contributed by atoms with van der Waals surface area (Å²) < 4.78 is 0.902. The third-order valence-corrected chi connectivity index (χ3v) is 2.24. The van der Waals surface area contributed by atoms with Gasteiger partial charge in [0.25, 0.3) is 0 Å². The highest BCUT2D eigenvalue weighted by atomic mass is 35.5. The lowest BCUT2D eigenvalue weighted by Crippen LogP contribution is -2.40. The Morgan fingerprint density at radius 2 is 2.08 bits per heavy atom. The summed E-state index contributed by atoms with van der Waals surface area (Å²) in [6.45, 7) is 0.179. The fourth-order valence-corrected chi connectivity index (χ4v) is 1.52. The quantitative estimate of drug-likeness (QED) is 0.512. The van der Waals surface area contributed by atoms with Gasteiger partial charge in [0.05, 0.1) is 12.2 Å². The number of amides is 2. The molecule has 0 fully saturated rings. The molecule has 1 aromatic rings. The van der Waals surface area contributed by atoms with Crippen LogP contribution in [0.25, 0.3) is 0 Å². The second-order valence-electron chi connectivity index (χ2n) is 2.75. The molecule has 68 valence electrons. The van der Waals surface area contributed by atoms with Gasteiger partial charge < -0.3 is 0 Å². The summed E-state index contributed by atoms with van der Waals surface area (Å²) in [5, 5.41) is 9.73. The van der Waals surface area contributed by atoms with Crippen molar-refractivity contribution < 1.29 is 10.0 Å². The van der Waals surface area contributed by atoms with Crippen molar-refractivity contribution in [2.75, 3.05) is 4.42 Å². The number of fused-ring (bicyclic) bond motifs is 1. The van der Waals surface area contributed by atoms with E-state index in [2.05, 4.69) is 0 Å². The maximum absolute atomic E-state index is 11.2. The summed E-state index contributed by atoms with van der Waals surface area (Å²) >= 11 is 5.67. The molecule has 0 aliphatic carbocycles. The van der Waals surface area contributed by atoms with Gasteiger partial charge in [0.2, 0.25) is 0 Å². The number of hydroxylamine groups is 2. The highest BCUT2D eigenvalue weighted by molar-refractivity contribution is 6.36. The van der Waals surface area contributed by atoms with E-state index in [0.717, 1.165) is 9.98 Å². The molecule has 1 N–H and O–H groups in total. The predicted molar refractivity (Wildman–Crippen MR) is 47.5 cm³/mol. The normalized spacial score (nSPS) is 16.0. The molecule has 1 aliphatic rings. The zero-order valence-electron chi connectivity index (χ0n) is 6.64. The molecule has 0 atom stereocenters. The van der Waals surface area contributed by atoms with Gasteiger partial charge in [-0.1, -0.05) is 18.2 Å². The maximum Gasteiger partial charge on any atom is 0.363 e. The SMILES string of the molecule is O=C1N(O)Cc2ccccc2N1Cl. The van der Waals surface area contributed by atoms with Crippen LogP contribution in [-0.4, -0.2) is 16.3 Å². The van der Waals surface area contributed by atoms with Crippen molar-refractivity contribution in [3.05, 3.63) is 29.8 Å². The zero-order chi connectivity index (χ0) is 9.42. The zero-order valence-corrected chi connectivity index (χ0v) is 7.40. The Labute approximate surface area is 80.0 Å². The number of rotatable bonds is 0. The lowest BCUT2D eigenvalue weighted by atomic mass is 10.1. The molecule has 0 unspecified atom stereocenters. The van der Waals surface area contributed by atoms with E-state index in [1.54, 1.807) is 18.2 Å². The van der Waals surface area contributed by atoms with E-state index in [1.165, 1.54) is 0 Å². The summed E-state index contributed by atoms with van der Waals surface area (Å²) in [5.74, 6) is 0. The summed E-state index contributed by atoms with van der Waals surface area (Å²) in [6, 6.07) is 6.52. The molecule has 1 heterocycles. The van der Waals surface area contributed by atoms with E-state index in [0.29, 0.717) is 10.8 Å². The monoisotopic (exact) mass is 198 g/mol. The van der Waals surface area contributed by atoms with Crippen LogP contribution in [0.5, 0.6) is 0 Å². The minimum Gasteiger partial charge on any atom is -0.284 e. The molecule has 0 spiro atoms. The molecule has 0 saturated carbocycles. The summed E-state index contributed by atoms with van der Waals surface area (Å²) in [4.78, 5) is 11.2. The van der Waals surface area contributed by atoms with E-state index >= 15 is 0 Å². The molecule has 5 heteroatoms. The van der Waals surface area contributed by atoms with E-state index < -0.39 is 6.03 Å². The average molecular weight is 199 g/mol. The summed E-state index contributed by atoms with van der Waals surface area (Å²) in [6.07, 6.45) is 0. The van der Waals surface area contributed by atoms with Gasteiger partial charge in [-0.05, 0) is 11.6 Å². The lowest BCUT2D eigenvalue weighted by Gasteiger charge is -2.28. The largest absolute Gasteiger partial charge is 0.363 e. The van der Waals surface area contributed by atoms with Crippen molar-refractivity contribution in [3.8, 4) is 0 Å². The number of hydrogen-bond acceptors (Lipinski definition) is 2. The molecule has 0 aromatic heterocycles. The molecule has 0 saturated heterocycles. The van der Waals surface area contributed by atoms with Crippen LogP contribution in [0.4, 0.5) is 10.5 Å². The Morgan fingerprint density at radius 1 is 1.38 bits per heavy atom. The Bertz CT molecular complexity index is 356. The van der Waals surface area contributed by atoms with Crippen LogP contribution in [-0.2, 0) is 6.54 Å². The molecule has 13 heavy (non-hydrogen) atoms. The van der Waals surface area contributed by atoms with E-state index in [1.807, 2.05) is 6.07 Å². The van der Waals surface area contributed by atoms with E-state index in [4.69, 9.17) is 17.0 Å². The Morgan fingerprint density at radius 3 is 2.85 bits per heavy atom. The van der Waals surface area contributed by atoms with Gasteiger partial charge >= 0.3 is 6.03 Å². The van der Waals surface area contributed by atoms with Gasteiger partial charge in [-0.2, -0.15) is 0 Å². The number of nitrogens with zero attached hydrogens (tertiary/aromatic N) is 2. The van der Waals surface area contributed by atoms with Crippen LogP contribution in [0.1, 0.15) is 5.56 Å². The smallest absolute Gasteiger partial charge is 0.284 e. The Kier molecular flexibility index (Phi) is 1.86.